The molecule has 3 heterocycles. The summed E-state index contributed by atoms with van der Waals surface area (Å²) >= 11 is 0. The van der Waals surface area contributed by atoms with E-state index in [0.717, 1.165) is 36.0 Å². The van der Waals surface area contributed by atoms with Gasteiger partial charge in [-0.15, -0.1) is 0 Å². The molecule has 5 rings (SSSR count). The average molecular weight is 402 g/mol. The topological polar surface area (TPSA) is 68.4 Å². The zero-order chi connectivity index (χ0) is 20.5. The number of carbonyl (C=O) groups is 2. The molecule has 2 aliphatic rings. The Kier molecular flexibility index (Phi) is 5.01. The van der Waals surface area contributed by atoms with Crippen LogP contribution in [0.5, 0.6) is 0 Å². The van der Waals surface area contributed by atoms with Crippen LogP contribution in [0.2, 0.25) is 0 Å². The summed E-state index contributed by atoms with van der Waals surface area (Å²) < 4.78 is 0. The summed E-state index contributed by atoms with van der Waals surface area (Å²) in [6.07, 6.45) is 3.40. The molecule has 3 aromatic rings. The zero-order valence-corrected chi connectivity index (χ0v) is 16.9. The van der Waals surface area contributed by atoms with Crippen molar-refractivity contribution in [1.82, 2.24) is 20.1 Å². The largest absolute Gasteiger partial charge is 0.361 e. The van der Waals surface area contributed by atoms with Crippen molar-refractivity contribution in [2.45, 2.75) is 24.9 Å². The number of benzene rings is 2. The van der Waals surface area contributed by atoms with Gasteiger partial charge in [0.15, 0.2) is 0 Å². The Labute approximate surface area is 175 Å². The number of fused-ring (bicyclic) bond motifs is 2. The fourth-order valence-electron chi connectivity index (χ4n) is 4.65. The normalized spacial score (nSPS) is 22.2. The predicted octanol–water partition coefficient (Wildman–Crippen LogP) is 1.96. The first-order chi connectivity index (χ1) is 14.7. The van der Waals surface area contributed by atoms with E-state index in [1.54, 1.807) is 4.90 Å². The van der Waals surface area contributed by atoms with Gasteiger partial charge in [0.1, 0.15) is 12.1 Å². The minimum Gasteiger partial charge on any atom is -0.361 e. The minimum absolute atomic E-state index is 0.0348. The van der Waals surface area contributed by atoms with Gasteiger partial charge in [0.05, 0.1) is 0 Å². The fraction of sp³-hybridized carbons (Fsp3) is 0.333. The molecule has 0 spiro atoms. The van der Waals surface area contributed by atoms with Crippen LogP contribution in [0.25, 0.3) is 10.9 Å². The highest BCUT2D eigenvalue weighted by atomic mass is 16.2. The van der Waals surface area contributed by atoms with E-state index in [1.165, 1.54) is 5.56 Å². The molecule has 2 atom stereocenters. The van der Waals surface area contributed by atoms with Crippen molar-refractivity contribution in [3.63, 3.8) is 0 Å². The SMILES string of the molecule is O=C1N[C@@H](Cc2c[nH]c3ccccc23)C(=O)N2CCN(CCc3ccccc3)C[C@H]12. The Bertz CT molecular complexity index is 1060. The van der Waals surface area contributed by atoms with Crippen molar-refractivity contribution >= 4 is 22.7 Å². The monoisotopic (exact) mass is 402 g/mol. The quantitative estimate of drug-likeness (QED) is 0.686. The Hall–Kier alpha value is -3.12. The number of H-pyrrole nitrogens is 1. The van der Waals surface area contributed by atoms with E-state index >= 15 is 0 Å². The Balaban J connectivity index is 1.24. The van der Waals surface area contributed by atoms with Crippen LogP contribution in [0.15, 0.2) is 60.8 Å². The molecule has 2 aliphatic heterocycles. The Morgan fingerprint density at radius 1 is 0.967 bits per heavy atom. The molecule has 2 N–H and O–H groups in total. The first kappa shape index (κ1) is 18.9. The number of hydrogen-bond acceptors (Lipinski definition) is 3. The Morgan fingerprint density at radius 2 is 1.77 bits per heavy atom. The average Bonchev–Trinajstić information content (AvgIpc) is 3.19. The second kappa shape index (κ2) is 7.95. The van der Waals surface area contributed by atoms with Crippen LogP contribution in [0, 0.1) is 0 Å². The van der Waals surface area contributed by atoms with E-state index in [0.29, 0.717) is 19.5 Å². The lowest BCUT2D eigenvalue weighted by Crippen LogP contribution is -2.69. The molecule has 6 nitrogen and oxygen atoms in total. The van der Waals surface area contributed by atoms with Crippen LogP contribution >= 0.6 is 0 Å². The van der Waals surface area contributed by atoms with Gasteiger partial charge in [0.2, 0.25) is 11.8 Å². The lowest BCUT2D eigenvalue weighted by atomic mass is 9.98. The van der Waals surface area contributed by atoms with Crippen LogP contribution in [0.1, 0.15) is 11.1 Å². The molecule has 0 saturated carbocycles. The third-order valence-electron chi connectivity index (χ3n) is 6.32. The zero-order valence-electron chi connectivity index (χ0n) is 16.9. The maximum Gasteiger partial charge on any atom is 0.246 e. The van der Waals surface area contributed by atoms with Gasteiger partial charge in [0.25, 0.3) is 0 Å². The smallest absolute Gasteiger partial charge is 0.246 e. The molecule has 30 heavy (non-hydrogen) atoms. The summed E-state index contributed by atoms with van der Waals surface area (Å²) in [5.41, 5.74) is 3.40. The maximum atomic E-state index is 13.1. The van der Waals surface area contributed by atoms with Gasteiger partial charge in [-0.05, 0) is 23.6 Å². The standard InChI is InChI=1S/C24H26N4O2/c29-23-22-16-27(11-10-17-6-2-1-3-7-17)12-13-28(22)24(30)21(26-23)14-18-15-25-20-9-5-4-8-19(18)20/h1-9,15,21-22,25H,10-14,16H2,(H,26,29)/t21-,22+/m0/s1. The van der Waals surface area contributed by atoms with Crippen molar-refractivity contribution in [3.8, 4) is 0 Å². The molecule has 0 unspecified atom stereocenters. The first-order valence-corrected chi connectivity index (χ1v) is 10.6. The van der Waals surface area contributed by atoms with Crippen LogP contribution < -0.4 is 5.32 Å². The van der Waals surface area contributed by atoms with E-state index in [2.05, 4.69) is 27.3 Å². The number of amides is 2. The summed E-state index contributed by atoms with van der Waals surface area (Å²) in [7, 11) is 0. The molecule has 2 amide bonds. The first-order valence-electron chi connectivity index (χ1n) is 10.6. The van der Waals surface area contributed by atoms with E-state index in [1.807, 2.05) is 48.7 Å². The van der Waals surface area contributed by atoms with Gasteiger partial charge < -0.3 is 15.2 Å². The Morgan fingerprint density at radius 3 is 2.63 bits per heavy atom. The fourth-order valence-corrected chi connectivity index (χ4v) is 4.65. The number of aromatic nitrogens is 1. The lowest BCUT2D eigenvalue weighted by molar-refractivity contribution is -0.152. The molecule has 0 bridgehead atoms. The van der Waals surface area contributed by atoms with Gasteiger partial charge in [0, 0.05) is 49.7 Å². The molecule has 2 aromatic carbocycles. The number of rotatable bonds is 5. The van der Waals surface area contributed by atoms with Gasteiger partial charge >= 0.3 is 0 Å². The van der Waals surface area contributed by atoms with Gasteiger partial charge in [-0.1, -0.05) is 48.5 Å². The molecule has 2 saturated heterocycles. The molecule has 0 radical (unpaired) electrons. The van der Waals surface area contributed by atoms with E-state index in [4.69, 9.17) is 0 Å². The highest BCUT2D eigenvalue weighted by Gasteiger charge is 2.43. The molecule has 1 aromatic heterocycles. The number of piperazine rings is 2. The van der Waals surface area contributed by atoms with Crippen molar-refractivity contribution in [1.29, 1.82) is 0 Å². The number of aromatic amines is 1. The molecular weight excluding hydrogens is 376 g/mol. The molecule has 154 valence electrons. The molecular formula is C24H26N4O2. The number of carbonyl (C=O) groups excluding carboxylic acids is 2. The minimum atomic E-state index is -0.496. The second-order valence-corrected chi connectivity index (χ2v) is 8.21. The molecule has 0 aliphatic carbocycles. The van der Waals surface area contributed by atoms with Crippen LogP contribution in [0.3, 0.4) is 0 Å². The van der Waals surface area contributed by atoms with Crippen LogP contribution in [0.4, 0.5) is 0 Å². The second-order valence-electron chi connectivity index (χ2n) is 8.21. The van der Waals surface area contributed by atoms with Gasteiger partial charge in [-0.2, -0.15) is 0 Å². The van der Waals surface area contributed by atoms with Crippen LogP contribution in [-0.4, -0.2) is 64.9 Å². The maximum absolute atomic E-state index is 13.1. The van der Waals surface area contributed by atoms with Crippen molar-refractivity contribution in [3.05, 3.63) is 71.9 Å². The summed E-state index contributed by atoms with van der Waals surface area (Å²) in [5.74, 6) is -0.00329. The number of para-hydroxylation sites is 1. The number of nitrogens with zero attached hydrogens (tertiary/aromatic N) is 2. The van der Waals surface area contributed by atoms with Gasteiger partial charge in [-0.3, -0.25) is 14.5 Å². The van der Waals surface area contributed by atoms with Crippen molar-refractivity contribution in [2.24, 2.45) is 0 Å². The van der Waals surface area contributed by atoms with Crippen molar-refractivity contribution in [2.75, 3.05) is 26.2 Å². The predicted molar refractivity (Wildman–Crippen MR) is 116 cm³/mol. The van der Waals surface area contributed by atoms with Crippen LogP contribution in [-0.2, 0) is 22.4 Å². The molecule has 6 heteroatoms. The molecule has 2 fully saturated rings. The van der Waals surface area contributed by atoms with Gasteiger partial charge in [-0.25, -0.2) is 0 Å². The van der Waals surface area contributed by atoms with E-state index in [-0.39, 0.29) is 17.9 Å². The third-order valence-corrected chi connectivity index (χ3v) is 6.32. The lowest BCUT2D eigenvalue weighted by Gasteiger charge is -2.45. The van der Waals surface area contributed by atoms with Crippen molar-refractivity contribution < 1.29 is 9.59 Å². The summed E-state index contributed by atoms with van der Waals surface area (Å²) in [5, 5.41) is 4.10. The number of nitrogens with one attached hydrogen (secondary N) is 2. The highest BCUT2D eigenvalue weighted by Crippen LogP contribution is 2.23. The summed E-state index contributed by atoms with van der Waals surface area (Å²) in [6.45, 7) is 2.91. The third kappa shape index (κ3) is 3.59. The number of hydrogen-bond donors (Lipinski definition) is 2. The van der Waals surface area contributed by atoms with E-state index < -0.39 is 6.04 Å². The summed E-state index contributed by atoms with van der Waals surface area (Å²) in [4.78, 5) is 33.3. The highest BCUT2D eigenvalue weighted by molar-refractivity contribution is 5.98. The summed E-state index contributed by atoms with van der Waals surface area (Å²) in [6, 6.07) is 17.5. The van der Waals surface area contributed by atoms with E-state index in [9.17, 15) is 9.59 Å².